The quantitative estimate of drug-likeness (QED) is 0.0222. The van der Waals surface area contributed by atoms with Gasteiger partial charge in [0.25, 0.3) is 0 Å². The molecule has 0 aromatic heterocycles. The smallest absolute Gasteiger partial charge is 0.462 e. The van der Waals surface area contributed by atoms with Gasteiger partial charge in [-0.25, -0.2) is 9.13 Å². The molecule has 0 saturated carbocycles. The van der Waals surface area contributed by atoms with Gasteiger partial charge < -0.3 is 33.8 Å². The molecule has 558 valence electrons. The molecule has 0 radical (unpaired) electrons. The Balaban J connectivity index is 5.24. The van der Waals surface area contributed by atoms with E-state index in [9.17, 15) is 43.2 Å². The van der Waals surface area contributed by atoms with Crippen molar-refractivity contribution in [3.05, 3.63) is 0 Å². The van der Waals surface area contributed by atoms with Gasteiger partial charge in [0.1, 0.15) is 19.3 Å². The first-order valence-electron chi connectivity index (χ1n) is 39.2. The minimum Gasteiger partial charge on any atom is -0.462 e. The summed E-state index contributed by atoms with van der Waals surface area (Å²) < 4.78 is 68.5. The minimum atomic E-state index is -4.96. The molecule has 3 N–H and O–H groups in total. The van der Waals surface area contributed by atoms with E-state index in [4.69, 9.17) is 37.0 Å². The molecule has 19 heteroatoms. The molecule has 0 aromatic carbocycles. The lowest BCUT2D eigenvalue weighted by Crippen LogP contribution is -2.30. The number of aliphatic hydroxyl groups excluding tert-OH is 1. The van der Waals surface area contributed by atoms with E-state index in [2.05, 4.69) is 34.6 Å². The van der Waals surface area contributed by atoms with Crippen LogP contribution in [0, 0.1) is 5.92 Å². The van der Waals surface area contributed by atoms with Crippen LogP contribution in [0.1, 0.15) is 394 Å². The van der Waals surface area contributed by atoms with Crippen LogP contribution < -0.4 is 0 Å². The zero-order chi connectivity index (χ0) is 69.1. The van der Waals surface area contributed by atoms with Crippen LogP contribution in [-0.4, -0.2) is 96.7 Å². The Hall–Kier alpha value is -1.94. The zero-order valence-electron chi connectivity index (χ0n) is 61.1. The molecular weight excluding hydrogens is 1230 g/mol. The number of unbranched alkanes of at least 4 members (excludes halogenated alkanes) is 46. The van der Waals surface area contributed by atoms with Gasteiger partial charge in [-0.2, -0.15) is 0 Å². The van der Waals surface area contributed by atoms with Crippen LogP contribution in [0.2, 0.25) is 0 Å². The Labute approximate surface area is 575 Å². The predicted octanol–water partition coefficient (Wildman–Crippen LogP) is 22.1. The average molecular weight is 1380 g/mol. The topological polar surface area (TPSA) is 237 Å². The summed E-state index contributed by atoms with van der Waals surface area (Å²) in [5, 5.41) is 10.6. The van der Waals surface area contributed by atoms with E-state index in [1.54, 1.807) is 0 Å². The fraction of sp³-hybridized carbons (Fsp3) is 0.947. The predicted molar refractivity (Wildman–Crippen MR) is 382 cm³/mol. The summed E-state index contributed by atoms with van der Waals surface area (Å²) >= 11 is 0. The fourth-order valence-corrected chi connectivity index (χ4v) is 13.1. The Bertz CT molecular complexity index is 1810. The molecule has 0 aromatic rings. The van der Waals surface area contributed by atoms with Gasteiger partial charge in [-0.15, -0.1) is 0 Å². The fourth-order valence-electron chi connectivity index (χ4n) is 11.5. The van der Waals surface area contributed by atoms with Crippen molar-refractivity contribution in [3.63, 3.8) is 0 Å². The van der Waals surface area contributed by atoms with Crippen molar-refractivity contribution in [1.29, 1.82) is 0 Å². The number of carbonyl (C=O) groups excluding carboxylic acids is 4. The number of phosphoric acid groups is 2. The maximum atomic E-state index is 13.1. The molecule has 0 spiro atoms. The van der Waals surface area contributed by atoms with Crippen LogP contribution in [0.5, 0.6) is 0 Å². The highest BCUT2D eigenvalue weighted by atomic mass is 31.2. The first-order chi connectivity index (χ1) is 45.6. The van der Waals surface area contributed by atoms with E-state index in [0.717, 1.165) is 102 Å². The molecule has 0 aliphatic rings. The molecule has 0 rings (SSSR count). The number of hydrogen-bond donors (Lipinski definition) is 3. The van der Waals surface area contributed by atoms with Gasteiger partial charge in [0.05, 0.1) is 26.4 Å². The summed E-state index contributed by atoms with van der Waals surface area (Å²) in [5.74, 6) is -1.38. The lowest BCUT2D eigenvalue weighted by atomic mass is 10.00. The Kier molecular flexibility index (Phi) is 66.8. The summed E-state index contributed by atoms with van der Waals surface area (Å²) in [6, 6.07) is 0. The van der Waals surface area contributed by atoms with Crippen molar-refractivity contribution < 1.29 is 80.2 Å². The number of hydrogen-bond acceptors (Lipinski definition) is 15. The minimum absolute atomic E-state index is 0.107. The third-order valence-corrected chi connectivity index (χ3v) is 19.8. The zero-order valence-corrected chi connectivity index (χ0v) is 62.9. The van der Waals surface area contributed by atoms with E-state index >= 15 is 0 Å². The average Bonchev–Trinajstić information content (AvgIpc) is 1.68. The van der Waals surface area contributed by atoms with Crippen molar-refractivity contribution in [1.82, 2.24) is 0 Å². The number of ether oxygens (including phenoxy) is 4. The third-order valence-electron chi connectivity index (χ3n) is 17.9. The highest BCUT2D eigenvalue weighted by Crippen LogP contribution is 2.45. The SMILES string of the molecule is CCCCCCCCCCCCCCCCCCCC(=O)O[C@H](COC(=O)CCCCCCCCCCCCCCCCC)COP(=O)(O)OC[C@@H](O)COP(=O)(O)OC[C@@H](COC(=O)CCCCCCCCC(C)CC)OC(=O)CCCCCCCCCCCCCC. The maximum Gasteiger partial charge on any atom is 0.472 e. The largest absolute Gasteiger partial charge is 0.472 e. The first kappa shape index (κ1) is 92.1. The van der Waals surface area contributed by atoms with Crippen LogP contribution in [-0.2, 0) is 65.4 Å². The number of aliphatic hydroxyl groups is 1. The van der Waals surface area contributed by atoms with Gasteiger partial charge in [-0.3, -0.25) is 37.3 Å². The van der Waals surface area contributed by atoms with Crippen LogP contribution in [0.25, 0.3) is 0 Å². The standard InChI is InChI=1S/C75H146O17P2/c1-6-10-13-16-19-22-25-28-30-31-33-35-38-41-44-51-56-61-75(80)91-70(64-85-72(77)58-53-48-42-39-37-34-32-29-26-23-20-17-14-11-7-2)66-89-93(81,82)87-62-69(76)63-88-94(83,84)90-67-71(65-86-73(78)59-54-49-46-45-47-52-57-68(5)9-4)92-74(79)60-55-50-43-40-36-27-24-21-18-15-12-8-3/h68-71,76H,6-67H2,1-5H3,(H,81,82)(H,83,84)/t68?,69-,70-,71-/m1/s1. The van der Waals surface area contributed by atoms with E-state index in [-0.39, 0.29) is 25.7 Å². The van der Waals surface area contributed by atoms with Gasteiger partial charge in [-0.1, -0.05) is 343 Å². The number of phosphoric ester groups is 2. The van der Waals surface area contributed by atoms with Crippen molar-refractivity contribution >= 4 is 39.5 Å². The third kappa shape index (κ3) is 67.3. The second kappa shape index (κ2) is 68.2. The van der Waals surface area contributed by atoms with E-state index < -0.39 is 97.5 Å². The summed E-state index contributed by atoms with van der Waals surface area (Å²) in [5.41, 5.74) is 0. The molecule has 94 heavy (non-hydrogen) atoms. The van der Waals surface area contributed by atoms with Gasteiger partial charge in [0.15, 0.2) is 12.2 Å². The molecule has 0 aliphatic heterocycles. The molecule has 17 nitrogen and oxygen atoms in total. The monoisotopic (exact) mass is 1380 g/mol. The lowest BCUT2D eigenvalue weighted by molar-refractivity contribution is -0.161. The Morgan fingerprint density at radius 3 is 0.755 bits per heavy atom. The van der Waals surface area contributed by atoms with Crippen molar-refractivity contribution in [2.24, 2.45) is 5.92 Å². The first-order valence-corrected chi connectivity index (χ1v) is 42.2. The van der Waals surface area contributed by atoms with Crippen LogP contribution in [0.4, 0.5) is 0 Å². The van der Waals surface area contributed by atoms with Gasteiger partial charge in [0, 0.05) is 25.7 Å². The summed E-state index contributed by atoms with van der Waals surface area (Å²) in [6.45, 7) is 7.25. The molecule has 0 bridgehead atoms. The molecule has 0 saturated heterocycles. The number of carbonyl (C=O) groups is 4. The van der Waals surface area contributed by atoms with Crippen molar-refractivity contribution in [3.8, 4) is 0 Å². The molecule has 6 atom stereocenters. The summed E-state index contributed by atoms with van der Waals surface area (Å²) in [6.07, 6.45) is 56.8. The number of rotatable bonds is 75. The second-order valence-corrected chi connectivity index (χ2v) is 30.2. The van der Waals surface area contributed by atoms with Crippen LogP contribution in [0.15, 0.2) is 0 Å². The number of esters is 4. The van der Waals surface area contributed by atoms with Crippen LogP contribution in [0.3, 0.4) is 0 Å². The molecule has 0 fully saturated rings. The van der Waals surface area contributed by atoms with Crippen molar-refractivity contribution in [2.75, 3.05) is 39.6 Å². The lowest BCUT2D eigenvalue weighted by Gasteiger charge is -2.21. The highest BCUT2D eigenvalue weighted by molar-refractivity contribution is 7.47. The van der Waals surface area contributed by atoms with Gasteiger partial charge in [0.2, 0.25) is 0 Å². The molecule has 3 unspecified atom stereocenters. The van der Waals surface area contributed by atoms with Crippen LogP contribution >= 0.6 is 15.6 Å². The van der Waals surface area contributed by atoms with E-state index in [1.165, 1.54) is 212 Å². The maximum absolute atomic E-state index is 13.1. The van der Waals surface area contributed by atoms with E-state index in [0.29, 0.717) is 25.7 Å². The second-order valence-electron chi connectivity index (χ2n) is 27.3. The normalized spacial score (nSPS) is 14.3. The van der Waals surface area contributed by atoms with E-state index in [1.807, 2.05) is 0 Å². The molecule has 0 heterocycles. The summed E-state index contributed by atoms with van der Waals surface area (Å²) in [7, 11) is -9.91. The summed E-state index contributed by atoms with van der Waals surface area (Å²) in [4.78, 5) is 72.8. The molecular formula is C75H146O17P2. The molecule has 0 amide bonds. The molecule has 0 aliphatic carbocycles. The van der Waals surface area contributed by atoms with Crippen molar-refractivity contribution in [2.45, 2.75) is 412 Å². The van der Waals surface area contributed by atoms with Gasteiger partial charge >= 0.3 is 39.5 Å². The highest BCUT2D eigenvalue weighted by Gasteiger charge is 2.30. The van der Waals surface area contributed by atoms with Gasteiger partial charge in [-0.05, 0) is 31.6 Å². The Morgan fingerprint density at radius 2 is 0.511 bits per heavy atom. The Morgan fingerprint density at radius 1 is 0.298 bits per heavy atom.